The summed E-state index contributed by atoms with van der Waals surface area (Å²) in [5.41, 5.74) is 2.22. The van der Waals surface area contributed by atoms with Crippen LogP contribution in [0.25, 0.3) is 0 Å². The molecule has 5 heteroatoms. The molecular formula is C20H24FNO3. The average molecular weight is 345 g/mol. The highest BCUT2D eigenvalue weighted by atomic mass is 19.1. The van der Waals surface area contributed by atoms with Crippen molar-refractivity contribution >= 4 is 5.91 Å². The molecule has 0 saturated carbocycles. The molecule has 0 aliphatic rings. The standard InChI is InChI=1S/C20H24FNO3/c1-4-24-13-17-12-16(8-11-19(17)25-5-2)20(23)22-14(3)15-6-9-18(21)10-7-15/h6-12,14H,4-5,13H2,1-3H3,(H,22,23)/t14-/m1/s1. The molecule has 2 aromatic rings. The number of amides is 1. The lowest BCUT2D eigenvalue weighted by Gasteiger charge is -2.16. The Morgan fingerprint density at radius 3 is 2.48 bits per heavy atom. The quantitative estimate of drug-likeness (QED) is 0.778. The fraction of sp³-hybridized carbons (Fsp3) is 0.350. The van der Waals surface area contributed by atoms with Gasteiger partial charge in [0.2, 0.25) is 0 Å². The van der Waals surface area contributed by atoms with Crippen molar-refractivity contribution in [1.82, 2.24) is 5.32 Å². The smallest absolute Gasteiger partial charge is 0.251 e. The van der Waals surface area contributed by atoms with Crippen LogP contribution in [0.1, 0.15) is 48.3 Å². The predicted molar refractivity (Wildman–Crippen MR) is 95.2 cm³/mol. The van der Waals surface area contributed by atoms with E-state index >= 15 is 0 Å². The fourth-order valence-corrected chi connectivity index (χ4v) is 2.46. The minimum absolute atomic E-state index is 0.197. The molecule has 0 spiro atoms. The van der Waals surface area contributed by atoms with E-state index in [1.165, 1.54) is 12.1 Å². The largest absolute Gasteiger partial charge is 0.494 e. The average Bonchev–Trinajstić information content (AvgIpc) is 2.61. The van der Waals surface area contributed by atoms with Crippen molar-refractivity contribution in [2.24, 2.45) is 0 Å². The SMILES string of the molecule is CCOCc1cc(C(=O)N[C@H](C)c2ccc(F)cc2)ccc1OCC. The Morgan fingerprint density at radius 1 is 1.12 bits per heavy atom. The molecule has 1 atom stereocenters. The molecule has 0 bridgehead atoms. The van der Waals surface area contributed by atoms with Gasteiger partial charge in [0.25, 0.3) is 5.91 Å². The van der Waals surface area contributed by atoms with E-state index in [0.717, 1.165) is 16.9 Å². The topological polar surface area (TPSA) is 47.6 Å². The third-order valence-corrected chi connectivity index (χ3v) is 3.80. The van der Waals surface area contributed by atoms with Gasteiger partial charge in [0, 0.05) is 17.7 Å². The van der Waals surface area contributed by atoms with Crippen LogP contribution in [0.5, 0.6) is 5.75 Å². The molecule has 0 aliphatic carbocycles. The highest BCUT2D eigenvalue weighted by Crippen LogP contribution is 2.22. The van der Waals surface area contributed by atoms with Crippen LogP contribution in [0, 0.1) is 5.82 Å². The molecule has 1 N–H and O–H groups in total. The Labute approximate surface area is 148 Å². The van der Waals surface area contributed by atoms with E-state index < -0.39 is 0 Å². The lowest BCUT2D eigenvalue weighted by molar-refractivity contribution is 0.0939. The van der Waals surface area contributed by atoms with E-state index in [-0.39, 0.29) is 17.8 Å². The molecule has 134 valence electrons. The van der Waals surface area contributed by atoms with E-state index in [0.29, 0.717) is 25.4 Å². The molecule has 2 rings (SSSR count). The molecular weight excluding hydrogens is 321 g/mol. The van der Waals surface area contributed by atoms with E-state index in [2.05, 4.69) is 5.32 Å². The molecule has 0 fully saturated rings. The maximum atomic E-state index is 13.0. The maximum absolute atomic E-state index is 13.0. The van der Waals surface area contributed by atoms with Crippen molar-refractivity contribution < 1.29 is 18.7 Å². The second kappa shape index (κ2) is 9.18. The minimum atomic E-state index is -0.297. The van der Waals surface area contributed by atoms with Crippen molar-refractivity contribution in [3.8, 4) is 5.75 Å². The molecule has 4 nitrogen and oxygen atoms in total. The maximum Gasteiger partial charge on any atom is 0.251 e. The van der Waals surface area contributed by atoms with Crippen LogP contribution in [0.4, 0.5) is 4.39 Å². The van der Waals surface area contributed by atoms with Crippen LogP contribution in [-0.2, 0) is 11.3 Å². The van der Waals surface area contributed by atoms with Crippen LogP contribution in [0.3, 0.4) is 0 Å². The third kappa shape index (κ3) is 5.29. The first-order chi connectivity index (χ1) is 12.0. The van der Waals surface area contributed by atoms with Crippen LogP contribution < -0.4 is 10.1 Å². The normalized spacial score (nSPS) is 11.8. The summed E-state index contributed by atoms with van der Waals surface area (Å²) in [4.78, 5) is 12.5. The van der Waals surface area contributed by atoms with Crippen LogP contribution in [0.15, 0.2) is 42.5 Å². The Hall–Kier alpha value is -2.40. The number of benzene rings is 2. The molecule has 2 aromatic carbocycles. The van der Waals surface area contributed by atoms with Crippen molar-refractivity contribution in [2.45, 2.75) is 33.4 Å². The van der Waals surface area contributed by atoms with Gasteiger partial charge >= 0.3 is 0 Å². The van der Waals surface area contributed by atoms with E-state index in [4.69, 9.17) is 9.47 Å². The lowest BCUT2D eigenvalue weighted by Crippen LogP contribution is -2.26. The van der Waals surface area contributed by atoms with Gasteiger partial charge in [-0.3, -0.25) is 4.79 Å². The summed E-state index contributed by atoms with van der Waals surface area (Å²) in [6, 6.07) is 11.2. The van der Waals surface area contributed by atoms with Crippen molar-refractivity contribution in [3.63, 3.8) is 0 Å². The monoisotopic (exact) mass is 345 g/mol. The highest BCUT2D eigenvalue weighted by molar-refractivity contribution is 5.94. The molecule has 0 aliphatic heterocycles. The fourth-order valence-electron chi connectivity index (χ4n) is 2.46. The van der Waals surface area contributed by atoms with E-state index in [1.807, 2.05) is 20.8 Å². The number of hydrogen-bond donors (Lipinski definition) is 1. The summed E-state index contributed by atoms with van der Waals surface area (Å²) in [6.45, 7) is 7.22. The van der Waals surface area contributed by atoms with Gasteiger partial charge < -0.3 is 14.8 Å². The zero-order valence-electron chi connectivity index (χ0n) is 14.8. The number of nitrogens with one attached hydrogen (secondary N) is 1. The van der Waals surface area contributed by atoms with Gasteiger partial charge in [-0.2, -0.15) is 0 Å². The number of hydrogen-bond acceptors (Lipinski definition) is 3. The van der Waals surface area contributed by atoms with Crippen LogP contribution in [0.2, 0.25) is 0 Å². The second-order valence-electron chi connectivity index (χ2n) is 5.64. The zero-order chi connectivity index (χ0) is 18.2. The molecule has 25 heavy (non-hydrogen) atoms. The minimum Gasteiger partial charge on any atom is -0.494 e. The van der Waals surface area contributed by atoms with Gasteiger partial charge in [-0.1, -0.05) is 12.1 Å². The van der Waals surface area contributed by atoms with Gasteiger partial charge in [-0.15, -0.1) is 0 Å². The Bertz CT molecular complexity index is 701. The zero-order valence-corrected chi connectivity index (χ0v) is 14.8. The summed E-state index contributed by atoms with van der Waals surface area (Å²) in [6.07, 6.45) is 0. The van der Waals surface area contributed by atoms with Crippen molar-refractivity contribution in [2.75, 3.05) is 13.2 Å². The summed E-state index contributed by atoms with van der Waals surface area (Å²) >= 11 is 0. The van der Waals surface area contributed by atoms with Gasteiger partial charge in [-0.05, 0) is 56.7 Å². The van der Waals surface area contributed by atoms with Crippen LogP contribution in [-0.4, -0.2) is 19.1 Å². The molecule has 1 amide bonds. The van der Waals surface area contributed by atoms with Crippen molar-refractivity contribution in [1.29, 1.82) is 0 Å². The summed E-state index contributed by atoms with van der Waals surface area (Å²) < 4.78 is 24.1. The number of ether oxygens (including phenoxy) is 2. The highest BCUT2D eigenvalue weighted by Gasteiger charge is 2.14. The van der Waals surface area contributed by atoms with Gasteiger partial charge in [0.1, 0.15) is 11.6 Å². The Kier molecular flexibility index (Phi) is 6.95. The van der Waals surface area contributed by atoms with Crippen molar-refractivity contribution in [3.05, 3.63) is 65.0 Å². The summed E-state index contributed by atoms with van der Waals surface area (Å²) in [7, 11) is 0. The number of carbonyl (C=O) groups is 1. The third-order valence-electron chi connectivity index (χ3n) is 3.80. The second-order valence-corrected chi connectivity index (χ2v) is 5.64. The van der Waals surface area contributed by atoms with Gasteiger partial charge in [0.15, 0.2) is 0 Å². The Morgan fingerprint density at radius 2 is 1.84 bits per heavy atom. The molecule has 0 radical (unpaired) electrons. The Balaban J connectivity index is 2.13. The lowest BCUT2D eigenvalue weighted by atomic mass is 10.1. The first kappa shape index (κ1) is 18.9. The predicted octanol–water partition coefficient (Wildman–Crippen LogP) is 4.25. The number of carbonyl (C=O) groups excluding carboxylic acids is 1. The summed E-state index contributed by atoms with van der Waals surface area (Å²) in [5, 5.41) is 2.92. The summed E-state index contributed by atoms with van der Waals surface area (Å²) in [5.74, 6) is 0.228. The molecule has 0 saturated heterocycles. The molecule has 0 aromatic heterocycles. The first-order valence-corrected chi connectivity index (χ1v) is 8.45. The number of rotatable bonds is 8. The first-order valence-electron chi connectivity index (χ1n) is 8.45. The van der Waals surface area contributed by atoms with Gasteiger partial charge in [0.05, 0.1) is 19.3 Å². The molecule has 0 heterocycles. The van der Waals surface area contributed by atoms with Crippen LogP contribution >= 0.6 is 0 Å². The van der Waals surface area contributed by atoms with E-state index in [1.54, 1.807) is 30.3 Å². The van der Waals surface area contributed by atoms with E-state index in [9.17, 15) is 9.18 Å². The number of halogens is 1. The molecule has 0 unspecified atom stereocenters. The van der Waals surface area contributed by atoms with Gasteiger partial charge in [-0.25, -0.2) is 4.39 Å².